The lowest BCUT2D eigenvalue weighted by Crippen LogP contribution is -2.31. The Kier molecular flexibility index (Phi) is 4.10. The highest BCUT2D eigenvalue weighted by Crippen LogP contribution is 2.50. The molecule has 0 N–H and O–H groups in total. The highest BCUT2D eigenvalue weighted by atomic mass is 79.9. The Labute approximate surface area is 165 Å². The van der Waals surface area contributed by atoms with Gasteiger partial charge in [0.2, 0.25) is 0 Å². The Balaban J connectivity index is 1.70. The first-order valence-corrected chi connectivity index (χ1v) is 10.3. The second kappa shape index (κ2) is 6.60. The van der Waals surface area contributed by atoms with Gasteiger partial charge in [-0.2, -0.15) is 0 Å². The van der Waals surface area contributed by atoms with Crippen LogP contribution < -0.4 is 4.74 Å². The quantitative estimate of drug-likeness (QED) is 0.451. The van der Waals surface area contributed by atoms with Crippen molar-refractivity contribution in [1.29, 1.82) is 0 Å². The molecule has 0 spiro atoms. The minimum Gasteiger partial charge on any atom is -0.492 e. The van der Waals surface area contributed by atoms with E-state index in [4.69, 9.17) is 9.73 Å². The van der Waals surface area contributed by atoms with E-state index in [2.05, 4.69) is 76.6 Å². The van der Waals surface area contributed by atoms with Gasteiger partial charge in [0.05, 0.1) is 23.9 Å². The number of para-hydroxylation sites is 2. The Morgan fingerprint density at radius 3 is 2.58 bits per heavy atom. The highest BCUT2D eigenvalue weighted by molar-refractivity contribution is 9.10. The zero-order valence-electron chi connectivity index (χ0n) is 13.9. The fraction of sp³-hybridized carbons (Fsp3) is 0.136. The van der Waals surface area contributed by atoms with Crippen molar-refractivity contribution in [2.75, 3.05) is 6.61 Å². The van der Waals surface area contributed by atoms with Crippen molar-refractivity contribution >= 4 is 39.1 Å². The van der Waals surface area contributed by atoms with E-state index in [9.17, 15) is 0 Å². The largest absolute Gasteiger partial charge is 0.492 e. The van der Waals surface area contributed by atoms with Crippen LogP contribution in [-0.2, 0) is 0 Å². The smallest absolute Gasteiger partial charge is 0.128 e. The van der Waals surface area contributed by atoms with Crippen molar-refractivity contribution in [3.05, 3.63) is 88.4 Å². The molecule has 3 aromatic rings. The van der Waals surface area contributed by atoms with Gasteiger partial charge in [-0.1, -0.05) is 52.3 Å². The molecule has 128 valence electrons. The molecule has 0 saturated carbocycles. The van der Waals surface area contributed by atoms with Crippen LogP contribution >= 0.6 is 27.7 Å². The summed E-state index contributed by atoms with van der Waals surface area (Å²) < 4.78 is 7.22. The number of rotatable bonds is 1. The summed E-state index contributed by atoms with van der Waals surface area (Å²) in [4.78, 5) is 6.32. The van der Waals surface area contributed by atoms with E-state index in [-0.39, 0.29) is 11.2 Å². The van der Waals surface area contributed by atoms with Crippen LogP contribution in [0.5, 0.6) is 5.75 Å². The number of hydrogen-bond donors (Lipinski definition) is 0. The van der Waals surface area contributed by atoms with E-state index in [0.717, 1.165) is 27.2 Å². The van der Waals surface area contributed by atoms with Gasteiger partial charge in [0.15, 0.2) is 0 Å². The van der Waals surface area contributed by atoms with Crippen LogP contribution in [0.2, 0.25) is 0 Å². The molecule has 0 radical (unpaired) electrons. The lowest BCUT2D eigenvalue weighted by Gasteiger charge is -2.31. The van der Waals surface area contributed by atoms with Crippen molar-refractivity contribution < 1.29 is 4.74 Å². The Bertz CT molecular complexity index is 999. The number of halogens is 1. The first kappa shape index (κ1) is 16.2. The number of thioether (sulfide) groups is 1. The molecule has 0 unspecified atom stereocenters. The molecule has 0 aromatic heterocycles. The predicted molar refractivity (Wildman–Crippen MR) is 111 cm³/mol. The van der Waals surface area contributed by atoms with Gasteiger partial charge in [0, 0.05) is 20.2 Å². The lowest BCUT2D eigenvalue weighted by molar-refractivity contribution is 0.271. The maximum Gasteiger partial charge on any atom is 0.128 e. The number of nitrogens with zero attached hydrogens (tertiary/aromatic N) is 1. The van der Waals surface area contributed by atoms with Crippen LogP contribution in [-0.4, -0.2) is 12.3 Å². The maximum atomic E-state index is 6.12. The van der Waals surface area contributed by atoms with Gasteiger partial charge in [0.25, 0.3) is 0 Å². The summed E-state index contributed by atoms with van der Waals surface area (Å²) in [6, 6.07) is 25.3. The predicted octanol–water partition coefficient (Wildman–Crippen LogP) is 6.43. The topological polar surface area (TPSA) is 21.6 Å². The van der Waals surface area contributed by atoms with E-state index < -0.39 is 0 Å². The molecular formula is C22H16BrNOS. The summed E-state index contributed by atoms with van der Waals surface area (Å²) in [5.41, 5.74) is 4.60. The van der Waals surface area contributed by atoms with Crippen molar-refractivity contribution in [2.24, 2.45) is 10.9 Å². The lowest BCUT2D eigenvalue weighted by atomic mass is 9.88. The summed E-state index contributed by atoms with van der Waals surface area (Å²) in [5, 5.41) is 0.263. The molecule has 0 saturated heterocycles. The maximum absolute atomic E-state index is 6.12. The van der Waals surface area contributed by atoms with Crippen LogP contribution in [0.15, 0.2) is 87.2 Å². The minimum atomic E-state index is 0.212. The van der Waals surface area contributed by atoms with E-state index in [1.54, 1.807) is 0 Å². The van der Waals surface area contributed by atoms with E-state index >= 15 is 0 Å². The third-order valence-corrected chi connectivity index (χ3v) is 6.84. The van der Waals surface area contributed by atoms with Crippen LogP contribution in [0.25, 0.3) is 0 Å². The van der Waals surface area contributed by atoms with E-state index in [1.165, 1.54) is 10.5 Å². The number of ether oxygens (including phenoxy) is 1. The summed E-state index contributed by atoms with van der Waals surface area (Å²) in [6.07, 6.45) is 0. The molecular weight excluding hydrogens is 406 g/mol. The SMILES string of the molecule is Brc1ccc([C@@H]2Sc3ccccc3N=C3c4ccccc4OC[C@H]32)cc1. The summed E-state index contributed by atoms with van der Waals surface area (Å²) in [6.45, 7) is 0.650. The Hall–Kier alpha value is -2.04. The van der Waals surface area contributed by atoms with Crippen molar-refractivity contribution in [2.45, 2.75) is 10.1 Å². The average molecular weight is 422 g/mol. The van der Waals surface area contributed by atoms with Crippen LogP contribution in [0, 0.1) is 5.92 Å². The number of aliphatic imine (C=N–C) groups is 1. The second-order valence-corrected chi connectivity index (χ2v) is 8.57. The molecule has 2 aliphatic heterocycles. The van der Waals surface area contributed by atoms with Crippen LogP contribution in [0.3, 0.4) is 0 Å². The molecule has 2 heterocycles. The molecule has 2 aliphatic rings. The normalized spacial score (nSPS) is 20.7. The van der Waals surface area contributed by atoms with Gasteiger partial charge in [-0.15, -0.1) is 11.8 Å². The van der Waals surface area contributed by atoms with Crippen molar-refractivity contribution in [3.8, 4) is 5.75 Å². The summed E-state index contributed by atoms with van der Waals surface area (Å²) >= 11 is 5.43. The fourth-order valence-electron chi connectivity index (χ4n) is 3.59. The van der Waals surface area contributed by atoms with Crippen molar-refractivity contribution in [1.82, 2.24) is 0 Å². The third-order valence-electron chi connectivity index (χ3n) is 4.86. The molecule has 26 heavy (non-hydrogen) atoms. The number of hydrogen-bond acceptors (Lipinski definition) is 3. The van der Waals surface area contributed by atoms with Crippen LogP contribution in [0.4, 0.5) is 5.69 Å². The standard InChI is InChI=1S/C22H16BrNOS/c23-15-11-9-14(10-12-15)22-17-13-25-19-7-3-1-5-16(19)21(17)24-18-6-2-4-8-20(18)26-22/h1-12,17,22H,13H2/t17-,22+/m1/s1. The summed E-state index contributed by atoms with van der Waals surface area (Å²) in [7, 11) is 0. The molecule has 3 aromatic carbocycles. The Morgan fingerprint density at radius 1 is 0.923 bits per heavy atom. The number of fused-ring (bicyclic) bond motifs is 4. The third kappa shape index (κ3) is 2.78. The van der Waals surface area contributed by atoms with Crippen molar-refractivity contribution in [3.63, 3.8) is 0 Å². The average Bonchev–Trinajstić information content (AvgIpc) is 2.85. The monoisotopic (exact) mass is 421 g/mol. The Morgan fingerprint density at radius 2 is 1.69 bits per heavy atom. The van der Waals surface area contributed by atoms with E-state index in [0.29, 0.717) is 6.61 Å². The first-order chi connectivity index (χ1) is 12.8. The second-order valence-electron chi connectivity index (χ2n) is 6.47. The zero-order valence-corrected chi connectivity index (χ0v) is 16.3. The first-order valence-electron chi connectivity index (χ1n) is 8.61. The number of benzene rings is 3. The van der Waals surface area contributed by atoms with Gasteiger partial charge >= 0.3 is 0 Å². The molecule has 4 heteroatoms. The zero-order chi connectivity index (χ0) is 17.5. The molecule has 0 amide bonds. The van der Waals surface area contributed by atoms with Gasteiger partial charge in [-0.3, -0.25) is 4.99 Å². The molecule has 0 bridgehead atoms. The fourth-order valence-corrected chi connectivity index (χ4v) is 5.18. The van der Waals surface area contributed by atoms with Gasteiger partial charge in [-0.25, -0.2) is 0 Å². The van der Waals surface area contributed by atoms with Gasteiger partial charge in [0.1, 0.15) is 5.75 Å². The molecule has 2 atom stereocenters. The van der Waals surface area contributed by atoms with E-state index in [1.807, 2.05) is 23.9 Å². The summed E-state index contributed by atoms with van der Waals surface area (Å²) in [5.74, 6) is 1.14. The molecule has 5 rings (SSSR count). The van der Waals surface area contributed by atoms with Gasteiger partial charge < -0.3 is 4.74 Å². The molecule has 0 aliphatic carbocycles. The molecule has 2 nitrogen and oxygen atoms in total. The van der Waals surface area contributed by atoms with Gasteiger partial charge in [-0.05, 0) is 42.0 Å². The highest BCUT2D eigenvalue weighted by Gasteiger charge is 2.37. The van der Waals surface area contributed by atoms with Crippen LogP contribution in [0.1, 0.15) is 16.4 Å². The minimum absolute atomic E-state index is 0.212. The molecule has 0 fully saturated rings.